The van der Waals surface area contributed by atoms with E-state index in [0.29, 0.717) is 0 Å². The monoisotopic (exact) mass is 224 g/mol. The second kappa shape index (κ2) is 4.65. The summed E-state index contributed by atoms with van der Waals surface area (Å²) >= 11 is 0. The van der Waals surface area contributed by atoms with Crippen molar-refractivity contribution in [3.63, 3.8) is 0 Å². The van der Waals surface area contributed by atoms with Crippen molar-refractivity contribution in [2.45, 2.75) is 12.7 Å². The highest BCUT2D eigenvalue weighted by Crippen LogP contribution is 2.19. The Morgan fingerprint density at radius 1 is 0.857 bits per heavy atom. The van der Waals surface area contributed by atoms with Crippen LogP contribution in [0.25, 0.3) is 0 Å². The van der Waals surface area contributed by atoms with Crippen LogP contribution in [0.5, 0.6) is 0 Å². The Kier molecular flexibility index (Phi) is 4.40. The summed E-state index contributed by atoms with van der Waals surface area (Å²) in [7, 11) is 0. The van der Waals surface area contributed by atoms with Crippen LogP contribution in [0.1, 0.15) is 0 Å². The zero-order valence-corrected chi connectivity index (χ0v) is 6.71. The summed E-state index contributed by atoms with van der Waals surface area (Å²) in [5.74, 6) is 0. The first-order chi connectivity index (χ1) is 6.10. The lowest BCUT2D eigenvalue weighted by atomic mass is 10.3. The summed E-state index contributed by atoms with van der Waals surface area (Å²) in [5, 5.41) is 0. The number of ether oxygens (including phenoxy) is 2. The quantitative estimate of drug-likeness (QED) is 0.539. The van der Waals surface area contributed by atoms with Gasteiger partial charge in [0.05, 0.1) is 13.2 Å². The van der Waals surface area contributed by atoms with E-state index >= 15 is 0 Å². The van der Waals surface area contributed by atoms with Gasteiger partial charge in [-0.15, -0.1) is 26.3 Å². The fraction of sp³-hybridized carbons (Fsp3) is 0.667. The molecule has 0 rings (SSSR count). The molecule has 0 aromatic carbocycles. The van der Waals surface area contributed by atoms with E-state index in [1.54, 1.807) is 0 Å². The van der Waals surface area contributed by atoms with Gasteiger partial charge in [0.1, 0.15) is 0 Å². The molecule has 0 spiro atoms. The molecule has 0 aliphatic heterocycles. The first-order valence-corrected chi connectivity index (χ1v) is 3.18. The molecule has 0 unspecified atom stereocenters. The highest BCUT2D eigenvalue weighted by atomic mass is 19.4. The Balaban J connectivity index is 3.68. The Bertz CT molecular complexity index is 173. The Labute approximate surface area is 75.1 Å². The van der Waals surface area contributed by atoms with Gasteiger partial charge in [0.15, 0.2) is 0 Å². The summed E-state index contributed by atoms with van der Waals surface area (Å²) in [5.41, 5.74) is -0.459. The van der Waals surface area contributed by atoms with Crippen LogP contribution in [0.15, 0.2) is 12.2 Å². The van der Waals surface area contributed by atoms with Gasteiger partial charge in [0, 0.05) is 0 Å². The molecule has 0 aliphatic carbocycles. The van der Waals surface area contributed by atoms with Gasteiger partial charge in [-0.2, -0.15) is 0 Å². The Morgan fingerprint density at radius 2 is 1.14 bits per heavy atom. The molecule has 0 aromatic heterocycles. The van der Waals surface area contributed by atoms with Gasteiger partial charge in [-0.05, 0) is 5.57 Å². The highest BCUT2D eigenvalue weighted by Gasteiger charge is 2.31. The predicted octanol–water partition coefficient (Wildman–Crippen LogP) is 2.62. The molecule has 0 saturated heterocycles. The number of halogens is 6. The van der Waals surface area contributed by atoms with Crippen molar-refractivity contribution in [3.8, 4) is 0 Å². The summed E-state index contributed by atoms with van der Waals surface area (Å²) in [4.78, 5) is 0. The van der Waals surface area contributed by atoms with E-state index < -0.39 is 31.5 Å². The molecule has 2 nitrogen and oxygen atoms in total. The smallest absolute Gasteiger partial charge is 0.287 e. The molecule has 0 aliphatic rings. The average Bonchev–Trinajstić information content (AvgIpc) is 1.94. The maximum absolute atomic E-state index is 11.4. The minimum atomic E-state index is -4.89. The lowest BCUT2D eigenvalue weighted by molar-refractivity contribution is -0.328. The second-order valence-corrected chi connectivity index (χ2v) is 2.22. The van der Waals surface area contributed by atoms with Crippen LogP contribution in [0.2, 0.25) is 0 Å². The van der Waals surface area contributed by atoms with Gasteiger partial charge < -0.3 is 0 Å². The Morgan fingerprint density at radius 3 is 1.36 bits per heavy atom. The largest absolute Gasteiger partial charge is 0.522 e. The first-order valence-electron chi connectivity index (χ1n) is 3.18. The van der Waals surface area contributed by atoms with Crippen LogP contribution in [0.3, 0.4) is 0 Å². The van der Waals surface area contributed by atoms with Crippen LogP contribution in [0.4, 0.5) is 26.3 Å². The van der Waals surface area contributed by atoms with Crippen molar-refractivity contribution in [2.75, 3.05) is 13.2 Å². The number of hydrogen-bond acceptors (Lipinski definition) is 2. The van der Waals surface area contributed by atoms with E-state index in [1.807, 2.05) is 0 Å². The van der Waals surface area contributed by atoms with Crippen LogP contribution in [-0.2, 0) is 9.47 Å². The Hall–Kier alpha value is -0.760. The molecule has 0 atom stereocenters. The second-order valence-electron chi connectivity index (χ2n) is 2.22. The van der Waals surface area contributed by atoms with Crippen LogP contribution >= 0.6 is 0 Å². The van der Waals surface area contributed by atoms with Crippen molar-refractivity contribution >= 4 is 0 Å². The molecule has 14 heavy (non-hydrogen) atoms. The van der Waals surface area contributed by atoms with Crippen molar-refractivity contribution in [1.29, 1.82) is 0 Å². The third-order valence-electron chi connectivity index (χ3n) is 0.880. The molecule has 0 aromatic rings. The maximum Gasteiger partial charge on any atom is 0.522 e. The van der Waals surface area contributed by atoms with Crippen LogP contribution in [0, 0.1) is 0 Å². The minimum Gasteiger partial charge on any atom is -0.287 e. The molecule has 8 heteroatoms. The van der Waals surface area contributed by atoms with Crippen molar-refractivity contribution < 1.29 is 35.8 Å². The molecule has 0 heterocycles. The molecule has 0 bridgehead atoms. The number of rotatable bonds is 4. The molecule has 84 valence electrons. The van der Waals surface area contributed by atoms with Gasteiger partial charge in [0.25, 0.3) is 0 Å². The van der Waals surface area contributed by atoms with Crippen LogP contribution in [-0.4, -0.2) is 25.9 Å². The van der Waals surface area contributed by atoms with Crippen molar-refractivity contribution in [2.24, 2.45) is 0 Å². The average molecular weight is 224 g/mol. The number of alkyl halides is 6. The van der Waals surface area contributed by atoms with Gasteiger partial charge >= 0.3 is 12.7 Å². The molecule has 0 amide bonds. The van der Waals surface area contributed by atoms with Gasteiger partial charge in [-0.1, -0.05) is 6.58 Å². The molecular weight excluding hydrogens is 218 g/mol. The lowest BCUT2D eigenvalue weighted by Crippen LogP contribution is -2.20. The summed E-state index contributed by atoms with van der Waals surface area (Å²) < 4.78 is 74.6. The van der Waals surface area contributed by atoms with Crippen molar-refractivity contribution in [1.82, 2.24) is 0 Å². The van der Waals surface area contributed by atoms with E-state index in [0.717, 1.165) is 0 Å². The van der Waals surface area contributed by atoms with Gasteiger partial charge in [-0.3, -0.25) is 9.47 Å². The molecule has 0 saturated carbocycles. The topological polar surface area (TPSA) is 18.5 Å². The van der Waals surface area contributed by atoms with E-state index in [4.69, 9.17) is 0 Å². The van der Waals surface area contributed by atoms with Crippen LogP contribution < -0.4 is 0 Å². The normalized spacial score (nSPS) is 13.0. The fourth-order valence-corrected chi connectivity index (χ4v) is 0.409. The third kappa shape index (κ3) is 9.33. The van der Waals surface area contributed by atoms with Gasteiger partial charge in [0.2, 0.25) is 0 Å². The molecular formula is C6H6F6O2. The predicted molar refractivity (Wildman–Crippen MR) is 33.2 cm³/mol. The van der Waals surface area contributed by atoms with Gasteiger partial charge in [-0.25, -0.2) is 0 Å². The van der Waals surface area contributed by atoms with E-state index in [1.165, 1.54) is 0 Å². The summed E-state index contributed by atoms with van der Waals surface area (Å²) in [6.45, 7) is 0.799. The summed E-state index contributed by atoms with van der Waals surface area (Å²) in [6.07, 6.45) is -9.78. The number of hydrogen-bond donors (Lipinski definition) is 0. The molecule has 0 fully saturated rings. The third-order valence-corrected chi connectivity index (χ3v) is 0.880. The van der Waals surface area contributed by atoms with Crippen molar-refractivity contribution in [3.05, 3.63) is 12.2 Å². The maximum atomic E-state index is 11.4. The minimum absolute atomic E-state index is 0.459. The van der Waals surface area contributed by atoms with E-state index in [9.17, 15) is 26.3 Å². The van der Waals surface area contributed by atoms with E-state index in [2.05, 4.69) is 16.1 Å². The fourth-order valence-electron chi connectivity index (χ4n) is 0.409. The SMILES string of the molecule is C=C(COC(F)(F)F)COC(F)(F)F. The first kappa shape index (κ1) is 13.2. The zero-order valence-electron chi connectivity index (χ0n) is 6.71. The lowest BCUT2D eigenvalue weighted by Gasteiger charge is -2.11. The standard InChI is InChI=1S/C6H6F6O2/c1-4(2-13-5(7,8)9)3-14-6(10,11)12/h1-3H2. The molecule has 0 radical (unpaired) electrons. The molecule has 0 N–H and O–H groups in total. The van der Waals surface area contributed by atoms with E-state index in [-0.39, 0.29) is 0 Å². The highest BCUT2D eigenvalue weighted by molar-refractivity contribution is 4.94. The zero-order chi connectivity index (χ0) is 11.4. The summed E-state index contributed by atoms with van der Waals surface area (Å²) in [6, 6.07) is 0.